The topological polar surface area (TPSA) is 26.8 Å². The summed E-state index contributed by atoms with van der Waals surface area (Å²) in [7, 11) is 0. The first-order chi connectivity index (χ1) is 18.7. The molecule has 3 aromatic carbocycles. The molecule has 1 saturated heterocycles. The second-order valence-electron chi connectivity index (χ2n) is 11.2. The lowest BCUT2D eigenvalue weighted by molar-refractivity contribution is 0.0660. The van der Waals surface area contributed by atoms with Crippen LogP contribution in [0.4, 0.5) is 5.69 Å². The van der Waals surface area contributed by atoms with Gasteiger partial charge in [-0.3, -0.25) is 9.69 Å². The number of halogens is 1. The standard InChI is InChI=1S/C33H38ClN3O/c34-31-22-27-24-37(28-14-8-3-9-15-28)33(38)30(27)23-32(31)36-20-18-35(19-21-36)17-16-29(25-10-4-1-5-11-25)26-12-6-2-7-13-26/h1-2,4-7,10-13,22-23,28-29H,3,8-9,14-21,24H2. The van der Waals surface area contributed by atoms with Crippen LogP contribution in [0, 0.1) is 0 Å². The average Bonchev–Trinajstić information content (AvgIpc) is 3.29. The number of nitrogens with zero attached hydrogens (tertiary/aromatic N) is 3. The number of benzene rings is 3. The Morgan fingerprint density at radius 1 is 0.816 bits per heavy atom. The molecule has 5 heteroatoms. The van der Waals surface area contributed by atoms with Gasteiger partial charge in [0.25, 0.3) is 5.91 Å². The summed E-state index contributed by atoms with van der Waals surface area (Å²) in [6, 6.07) is 26.3. The van der Waals surface area contributed by atoms with Crippen LogP contribution in [0.2, 0.25) is 5.02 Å². The monoisotopic (exact) mass is 527 g/mol. The molecule has 4 nitrogen and oxygen atoms in total. The van der Waals surface area contributed by atoms with Crippen molar-refractivity contribution in [3.8, 4) is 0 Å². The predicted molar refractivity (Wildman–Crippen MR) is 156 cm³/mol. The van der Waals surface area contributed by atoms with Gasteiger partial charge in [-0.1, -0.05) is 91.5 Å². The molecule has 0 radical (unpaired) electrons. The van der Waals surface area contributed by atoms with E-state index in [9.17, 15) is 4.79 Å². The van der Waals surface area contributed by atoms with E-state index >= 15 is 0 Å². The molecule has 2 heterocycles. The first-order valence-corrected chi connectivity index (χ1v) is 14.8. The third-order valence-electron chi connectivity index (χ3n) is 8.87. The molecule has 38 heavy (non-hydrogen) atoms. The van der Waals surface area contributed by atoms with Crippen LogP contribution in [0.25, 0.3) is 0 Å². The molecule has 1 saturated carbocycles. The van der Waals surface area contributed by atoms with Gasteiger partial charge in [0.05, 0.1) is 10.7 Å². The van der Waals surface area contributed by atoms with Gasteiger partial charge in [0.15, 0.2) is 0 Å². The van der Waals surface area contributed by atoms with Crippen molar-refractivity contribution in [1.29, 1.82) is 0 Å². The van der Waals surface area contributed by atoms with Crippen molar-refractivity contribution in [2.24, 2.45) is 0 Å². The lowest BCUT2D eigenvalue weighted by Gasteiger charge is -2.37. The molecule has 0 atom stereocenters. The predicted octanol–water partition coefficient (Wildman–Crippen LogP) is 6.97. The Balaban J connectivity index is 1.09. The maximum Gasteiger partial charge on any atom is 0.254 e. The molecule has 0 bridgehead atoms. The fourth-order valence-electron chi connectivity index (χ4n) is 6.69. The summed E-state index contributed by atoms with van der Waals surface area (Å²) in [5, 5.41) is 0.781. The molecular formula is C33H38ClN3O. The summed E-state index contributed by atoms with van der Waals surface area (Å²) < 4.78 is 0. The normalized spacial score (nSPS) is 18.8. The zero-order valence-corrected chi connectivity index (χ0v) is 23.0. The molecule has 3 aliphatic rings. The van der Waals surface area contributed by atoms with Crippen molar-refractivity contribution >= 4 is 23.2 Å². The molecule has 0 spiro atoms. The first-order valence-electron chi connectivity index (χ1n) is 14.4. The molecule has 3 aromatic rings. The summed E-state index contributed by atoms with van der Waals surface area (Å²) in [6.45, 7) is 5.66. The van der Waals surface area contributed by atoms with Gasteiger partial charge in [-0.2, -0.15) is 0 Å². The number of rotatable bonds is 7. The highest BCUT2D eigenvalue weighted by molar-refractivity contribution is 6.33. The summed E-state index contributed by atoms with van der Waals surface area (Å²) >= 11 is 6.81. The van der Waals surface area contributed by atoms with Gasteiger partial charge < -0.3 is 9.80 Å². The molecule has 6 rings (SSSR count). The summed E-state index contributed by atoms with van der Waals surface area (Å²) in [5.74, 6) is 0.607. The second kappa shape index (κ2) is 11.5. The van der Waals surface area contributed by atoms with Crippen molar-refractivity contribution in [2.75, 3.05) is 37.6 Å². The van der Waals surface area contributed by atoms with E-state index in [-0.39, 0.29) is 5.91 Å². The Hall–Kier alpha value is -2.82. The van der Waals surface area contributed by atoms with Gasteiger partial charge in [-0.15, -0.1) is 0 Å². The average molecular weight is 528 g/mol. The Kier molecular flexibility index (Phi) is 7.71. The van der Waals surface area contributed by atoms with Crippen LogP contribution in [0.3, 0.4) is 0 Å². The van der Waals surface area contributed by atoms with E-state index in [0.717, 1.165) is 80.4 Å². The first kappa shape index (κ1) is 25.5. The van der Waals surface area contributed by atoms with E-state index in [1.165, 1.54) is 30.4 Å². The lowest BCUT2D eigenvalue weighted by atomic mass is 9.88. The van der Waals surface area contributed by atoms with Crippen LogP contribution in [0.15, 0.2) is 72.8 Å². The van der Waals surface area contributed by atoms with Crippen LogP contribution in [0.1, 0.15) is 71.5 Å². The van der Waals surface area contributed by atoms with E-state index in [4.69, 9.17) is 11.6 Å². The second-order valence-corrected chi connectivity index (χ2v) is 11.6. The van der Waals surface area contributed by atoms with Gasteiger partial charge in [0.1, 0.15) is 0 Å². The smallest absolute Gasteiger partial charge is 0.254 e. The van der Waals surface area contributed by atoms with Crippen LogP contribution >= 0.6 is 11.6 Å². The SMILES string of the molecule is O=C1c2cc(N3CCN(CCC(c4ccccc4)c4ccccc4)CC3)c(Cl)cc2CN1C1CCCCC1. The maximum absolute atomic E-state index is 13.3. The summed E-state index contributed by atoms with van der Waals surface area (Å²) in [4.78, 5) is 20.4. The molecule has 2 aliphatic heterocycles. The molecule has 2 fully saturated rings. The van der Waals surface area contributed by atoms with Crippen LogP contribution in [-0.4, -0.2) is 54.5 Å². The van der Waals surface area contributed by atoms with E-state index in [2.05, 4.69) is 87.5 Å². The summed E-state index contributed by atoms with van der Waals surface area (Å²) in [5.41, 5.74) is 5.76. The molecular weight excluding hydrogens is 490 g/mol. The molecule has 0 aromatic heterocycles. The number of carbonyl (C=O) groups excluding carboxylic acids is 1. The number of piperazine rings is 1. The summed E-state index contributed by atoms with van der Waals surface area (Å²) in [6.07, 6.45) is 7.14. The minimum absolute atomic E-state index is 0.205. The molecule has 198 valence electrons. The minimum atomic E-state index is 0.205. The molecule has 0 N–H and O–H groups in total. The largest absolute Gasteiger partial charge is 0.368 e. The van der Waals surface area contributed by atoms with Crippen molar-refractivity contribution in [1.82, 2.24) is 9.80 Å². The van der Waals surface area contributed by atoms with Gasteiger partial charge in [0, 0.05) is 50.2 Å². The van der Waals surface area contributed by atoms with E-state index in [1.807, 2.05) is 0 Å². The number of hydrogen-bond donors (Lipinski definition) is 0. The number of anilines is 1. The van der Waals surface area contributed by atoms with E-state index in [1.54, 1.807) is 0 Å². The third kappa shape index (κ3) is 5.34. The third-order valence-corrected chi connectivity index (χ3v) is 9.17. The van der Waals surface area contributed by atoms with Crippen molar-refractivity contribution < 1.29 is 4.79 Å². The molecule has 1 amide bonds. The Labute approximate surface area is 232 Å². The van der Waals surface area contributed by atoms with Gasteiger partial charge in [0.2, 0.25) is 0 Å². The Bertz CT molecular complexity index is 1190. The van der Waals surface area contributed by atoms with Crippen molar-refractivity contribution in [3.05, 3.63) is 100 Å². The number of carbonyl (C=O) groups is 1. The Morgan fingerprint density at radius 2 is 1.45 bits per heavy atom. The lowest BCUT2D eigenvalue weighted by Crippen LogP contribution is -2.47. The van der Waals surface area contributed by atoms with Gasteiger partial charge in [-0.25, -0.2) is 0 Å². The van der Waals surface area contributed by atoms with E-state index in [0.29, 0.717) is 12.0 Å². The van der Waals surface area contributed by atoms with Gasteiger partial charge in [-0.05, 0) is 54.6 Å². The fourth-order valence-corrected chi connectivity index (χ4v) is 7.00. The van der Waals surface area contributed by atoms with Crippen molar-refractivity contribution in [2.45, 2.75) is 57.0 Å². The number of fused-ring (bicyclic) bond motifs is 1. The highest BCUT2D eigenvalue weighted by Crippen LogP contribution is 2.37. The Morgan fingerprint density at radius 3 is 2.08 bits per heavy atom. The maximum atomic E-state index is 13.3. The highest BCUT2D eigenvalue weighted by atomic mass is 35.5. The fraction of sp³-hybridized carbons (Fsp3) is 0.424. The zero-order chi connectivity index (χ0) is 25.9. The highest BCUT2D eigenvalue weighted by Gasteiger charge is 2.34. The van der Waals surface area contributed by atoms with Crippen molar-refractivity contribution in [3.63, 3.8) is 0 Å². The van der Waals surface area contributed by atoms with Crippen LogP contribution in [0.5, 0.6) is 0 Å². The minimum Gasteiger partial charge on any atom is -0.368 e. The van der Waals surface area contributed by atoms with Gasteiger partial charge >= 0.3 is 0 Å². The number of hydrogen-bond acceptors (Lipinski definition) is 3. The van der Waals surface area contributed by atoms with Crippen LogP contribution < -0.4 is 4.90 Å². The van der Waals surface area contributed by atoms with E-state index < -0.39 is 0 Å². The molecule has 0 unspecified atom stereocenters. The zero-order valence-electron chi connectivity index (χ0n) is 22.2. The number of amides is 1. The quantitative estimate of drug-likeness (QED) is 0.332. The van der Waals surface area contributed by atoms with Crippen LogP contribution in [-0.2, 0) is 6.54 Å². The molecule has 1 aliphatic carbocycles.